The minimum absolute atomic E-state index is 0.0250. The first-order chi connectivity index (χ1) is 15.5. The van der Waals surface area contributed by atoms with E-state index in [9.17, 15) is 10.2 Å². The second kappa shape index (κ2) is 11.6. The zero-order chi connectivity index (χ0) is 22.9. The maximum absolute atomic E-state index is 9.80. The Balaban J connectivity index is 1.63. The van der Waals surface area contributed by atoms with Crippen molar-refractivity contribution in [2.45, 2.75) is 25.4 Å². The van der Waals surface area contributed by atoms with Gasteiger partial charge in [-0.05, 0) is 42.9 Å². The van der Waals surface area contributed by atoms with E-state index >= 15 is 0 Å². The Morgan fingerprint density at radius 1 is 1.00 bits per heavy atom. The molecule has 0 bridgehead atoms. The molecule has 6 nitrogen and oxygen atoms in total. The van der Waals surface area contributed by atoms with Gasteiger partial charge in [0.15, 0.2) is 0 Å². The van der Waals surface area contributed by atoms with E-state index in [-0.39, 0.29) is 25.3 Å². The molecule has 32 heavy (non-hydrogen) atoms. The molecular weight excluding hydrogens is 402 g/mol. The number of likely N-dealkylation sites (N-methyl/N-ethyl adjacent to an activating group) is 1. The lowest BCUT2D eigenvalue weighted by Gasteiger charge is -2.22. The fourth-order valence-electron chi connectivity index (χ4n) is 3.47. The van der Waals surface area contributed by atoms with Gasteiger partial charge in [-0.1, -0.05) is 55.5 Å². The molecule has 170 valence electrons. The highest BCUT2D eigenvalue weighted by Gasteiger charge is 2.11. The Morgan fingerprint density at radius 3 is 2.22 bits per heavy atom. The molecule has 2 aromatic carbocycles. The molecule has 0 fully saturated rings. The standard InChI is InChI=1S/C26H33N3O3/c1-4-26-27-15-16-29(26)23(17-30)12-7-20-5-8-21(9-6-20)22-10-13-25(14-11-22)32-19-24(18-31)28(2)3/h5-16,23-24,30-31H,4,17-19H2,1-3H3/b12-7+. The number of ether oxygens (including phenoxy) is 1. The maximum Gasteiger partial charge on any atom is 0.119 e. The molecule has 3 rings (SSSR count). The van der Waals surface area contributed by atoms with Crippen LogP contribution in [0.25, 0.3) is 17.2 Å². The van der Waals surface area contributed by atoms with Crippen molar-refractivity contribution in [2.24, 2.45) is 0 Å². The van der Waals surface area contributed by atoms with Crippen molar-refractivity contribution in [1.82, 2.24) is 14.5 Å². The second-order valence-corrected chi connectivity index (χ2v) is 7.97. The third-order valence-corrected chi connectivity index (χ3v) is 5.60. The Labute approximate surface area is 190 Å². The van der Waals surface area contributed by atoms with Crippen LogP contribution < -0.4 is 4.74 Å². The van der Waals surface area contributed by atoms with Gasteiger partial charge in [0.1, 0.15) is 18.2 Å². The summed E-state index contributed by atoms with van der Waals surface area (Å²) in [6, 6.07) is 16.2. The fraction of sp³-hybridized carbons (Fsp3) is 0.346. The third-order valence-electron chi connectivity index (χ3n) is 5.60. The number of aromatic nitrogens is 2. The summed E-state index contributed by atoms with van der Waals surface area (Å²) >= 11 is 0. The van der Waals surface area contributed by atoms with Crippen LogP contribution in [0.1, 0.15) is 24.4 Å². The average molecular weight is 436 g/mol. The fourth-order valence-corrected chi connectivity index (χ4v) is 3.47. The number of rotatable bonds is 11. The predicted octanol–water partition coefficient (Wildman–Crippen LogP) is 3.66. The maximum atomic E-state index is 9.80. The minimum atomic E-state index is -0.127. The van der Waals surface area contributed by atoms with Crippen LogP contribution >= 0.6 is 0 Å². The average Bonchev–Trinajstić information content (AvgIpc) is 3.29. The molecule has 0 aliphatic heterocycles. The molecule has 3 aromatic rings. The number of hydrogen-bond donors (Lipinski definition) is 2. The number of hydrogen-bond acceptors (Lipinski definition) is 5. The van der Waals surface area contributed by atoms with Crippen molar-refractivity contribution in [2.75, 3.05) is 33.9 Å². The zero-order valence-corrected chi connectivity index (χ0v) is 19.1. The number of nitrogens with zero attached hydrogens (tertiary/aromatic N) is 3. The number of imidazole rings is 1. The van der Waals surface area contributed by atoms with Crippen LogP contribution in [0.5, 0.6) is 5.75 Å². The van der Waals surface area contributed by atoms with Gasteiger partial charge >= 0.3 is 0 Å². The van der Waals surface area contributed by atoms with Gasteiger partial charge in [-0.15, -0.1) is 0 Å². The van der Waals surface area contributed by atoms with E-state index in [0.29, 0.717) is 6.61 Å². The summed E-state index contributed by atoms with van der Waals surface area (Å²) in [5.41, 5.74) is 3.30. The summed E-state index contributed by atoms with van der Waals surface area (Å²) in [6.07, 6.45) is 8.55. The molecule has 0 radical (unpaired) electrons. The first kappa shape index (κ1) is 23.7. The van der Waals surface area contributed by atoms with E-state index in [1.54, 1.807) is 6.20 Å². The Kier molecular flexibility index (Phi) is 8.62. The monoisotopic (exact) mass is 435 g/mol. The number of aryl methyl sites for hydroxylation is 1. The smallest absolute Gasteiger partial charge is 0.119 e. The van der Waals surface area contributed by atoms with Crippen LogP contribution in [0.4, 0.5) is 0 Å². The van der Waals surface area contributed by atoms with Crippen LogP contribution in [-0.4, -0.2) is 64.6 Å². The van der Waals surface area contributed by atoms with Gasteiger partial charge in [0.05, 0.1) is 25.3 Å². The molecule has 0 spiro atoms. The number of aliphatic hydroxyl groups is 2. The lowest BCUT2D eigenvalue weighted by Crippen LogP contribution is -2.36. The van der Waals surface area contributed by atoms with Crippen LogP contribution in [0.3, 0.4) is 0 Å². The van der Waals surface area contributed by atoms with E-state index in [1.165, 1.54) is 0 Å². The normalized spacial score (nSPS) is 13.6. The van der Waals surface area contributed by atoms with Gasteiger partial charge in [0.25, 0.3) is 0 Å². The Hall–Kier alpha value is -2.93. The first-order valence-corrected chi connectivity index (χ1v) is 11.0. The van der Waals surface area contributed by atoms with Crippen molar-refractivity contribution in [3.63, 3.8) is 0 Å². The number of aliphatic hydroxyl groups excluding tert-OH is 2. The quantitative estimate of drug-likeness (QED) is 0.481. The van der Waals surface area contributed by atoms with Crippen LogP contribution in [0.15, 0.2) is 67.0 Å². The van der Waals surface area contributed by atoms with Crippen molar-refractivity contribution < 1.29 is 14.9 Å². The van der Waals surface area contributed by atoms with E-state index in [1.807, 2.05) is 66.2 Å². The van der Waals surface area contributed by atoms with Crippen molar-refractivity contribution in [3.8, 4) is 16.9 Å². The molecule has 2 N–H and O–H groups in total. The van der Waals surface area contributed by atoms with Gasteiger partial charge < -0.3 is 24.4 Å². The summed E-state index contributed by atoms with van der Waals surface area (Å²) in [5.74, 6) is 1.75. The summed E-state index contributed by atoms with van der Waals surface area (Å²) < 4.78 is 7.81. The van der Waals surface area contributed by atoms with Crippen molar-refractivity contribution in [3.05, 3.63) is 78.4 Å². The summed E-state index contributed by atoms with van der Waals surface area (Å²) in [5, 5.41) is 19.2. The topological polar surface area (TPSA) is 70.8 Å². The molecule has 0 amide bonds. The van der Waals surface area contributed by atoms with E-state index in [0.717, 1.165) is 34.7 Å². The zero-order valence-electron chi connectivity index (χ0n) is 19.1. The highest BCUT2D eigenvalue weighted by molar-refractivity contribution is 5.66. The summed E-state index contributed by atoms with van der Waals surface area (Å²) in [7, 11) is 3.85. The molecule has 1 aromatic heterocycles. The van der Waals surface area contributed by atoms with E-state index in [4.69, 9.17) is 4.74 Å². The Bertz CT molecular complexity index is 978. The van der Waals surface area contributed by atoms with Gasteiger partial charge in [0, 0.05) is 18.8 Å². The van der Waals surface area contributed by atoms with Gasteiger partial charge in [-0.2, -0.15) is 0 Å². The van der Waals surface area contributed by atoms with E-state index in [2.05, 4.69) is 36.2 Å². The molecular formula is C26H33N3O3. The largest absolute Gasteiger partial charge is 0.492 e. The molecule has 0 saturated carbocycles. The Morgan fingerprint density at radius 2 is 1.66 bits per heavy atom. The lowest BCUT2D eigenvalue weighted by atomic mass is 10.0. The molecule has 0 aliphatic carbocycles. The van der Waals surface area contributed by atoms with Gasteiger partial charge in [-0.3, -0.25) is 0 Å². The molecule has 2 atom stereocenters. The highest BCUT2D eigenvalue weighted by atomic mass is 16.5. The van der Waals surface area contributed by atoms with Crippen molar-refractivity contribution in [1.29, 1.82) is 0 Å². The third kappa shape index (κ3) is 6.07. The molecule has 2 unspecified atom stereocenters. The summed E-state index contributed by atoms with van der Waals surface area (Å²) in [4.78, 5) is 6.29. The van der Waals surface area contributed by atoms with Crippen LogP contribution in [-0.2, 0) is 6.42 Å². The molecule has 0 aliphatic rings. The number of benzene rings is 2. The summed E-state index contributed by atoms with van der Waals surface area (Å²) in [6.45, 7) is 2.59. The molecule has 1 heterocycles. The highest BCUT2D eigenvalue weighted by Crippen LogP contribution is 2.24. The first-order valence-electron chi connectivity index (χ1n) is 11.0. The van der Waals surface area contributed by atoms with Gasteiger partial charge in [0.2, 0.25) is 0 Å². The van der Waals surface area contributed by atoms with Gasteiger partial charge in [-0.25, -0.2) is 4.98 Å². The minimum Gasteiger partial charge on any atom is -0.492 e. The van der Waals surface area contributed by atoms with Crippen LogP contribution in [0, 0.1) is 0 Å². The van der Waals surface area contributed by atoms with E-state index < -0.39 is 0 Å². The molecule has 0 saturated heterocycles. The lowest BCUT2D eigenvalue weighted by molar-refractivity contribution is 0.118. The molecule has 6 heteroatoms. The SMILES string of the molecule is CCc1nccn1C(/C=C/c1ccc(-c2ccc(OCC(CO)N(C)C)cc2)cc1)CO. The van der Waals surface area contributed by atoms with Crippen molar-refractivity contribution >= 4 is 6.08 Å². The predicted molar refractivity (Wildman–Crippen MR) is 129 cm³/mol. The van der Waals surface area contributed by atoms with Crippen LogP contribution in [0.2, 0.25) is 0 Å². The second-order valence-electron chi connectivity index (χ2n) is 7.97.